The summed E-state index contributed by atoms with van der Waals surface area (Å²) in [6.45, 7) is 0.852. The van der Waals surface area contributed by atoms with Gasteiger partial charge in [-0.1, -0.05) is 18.2 Å². The van der Waals surface area contributed by atoms with E-state index in [9.17, 15) is 13.2 Å². The van der Waals surface area contributed by atoms with E-state index >= 15 is 0 Å². The summed E-state index contributed by atoms with van der Waals surface area (Å²) >= 11 is 0. The number of alkyl halides is 3. The average Bonchev–Trinajstić information content (AvgIpc) is 2.80. The van der Waals surface area contributed by atoms with Gasteiger partial charge in [-0.05, 0) is 24.5 Å². The molecule has 1 aliphatic heterocycles. The Morgan fingerprint density at radius 1 is 1.20 bits per heavy atom. The number of hydrogen-bond donors (Lipinski definition) is 0. The Morgan fingerprint density at radius 2 is 2.05 bits per heavy atom. The summed E-state index contributed by atoms with van der Waals surface area (Å²) in [4.78, 5) is 4.41. The van der Waals surface area contributed by atoms with Crippen LogP contribution in [-0.4, -0.2) is 14.8 Å². The maximum absolute atomic E-state index is 12.7. The Morgan fingerprint density at radius 3 is 2.80 bits per heavy atom. The number of hydrogen-bond acceptors (Lipinski definition) is 2. The van der Waals surface area contributed by atoms with Gasteiger partial charge in [0.15, 0.2) is 5.82 Å². The van der Waals surface area contributed by atoms with E-state index in [4.69, 9.17) is 0 Å². The molecule has 0 unspecified atom stereocenters. The first-order chi connectivity index (χ1) is 9.52. The molecule has 0 aliphatic carbocycles. The lowest BCUT2D eigenvalue weighted by molar-refractivity contribution is -0.137. The van der Waals surface area contributed by atoms with E-state index in [1.54, 1.807) is 6.07 Å². The Kier molecular flexibility index (Phi) is 3.23. The maximum Gasteiger partial charge on any atom is 0.416 e. The highest BCUT2D eigenvalue weighted by atomic mass is 19.4. The minimum atomic E-state index is -4.31. The molecule has 0 saturated carbocycles. The summed E-state index contributed by atoms with van der Waals surface area (Å²) in [5, 5.41) is 4.36. The zero-order valence-electron chi connectivity index (χ0n) is 10.8. The van der Waals surface area contributed by atoms with Crippen molar-refractivity contribution in [2.75, 3.05) is 0 Å². The predicted octanol–water partition coefficient (Wildman–Crippen LogP) is 3.22. The summed E-state index contributed by atoms with van der Waals surface area (Å²) in [5.41, 5.74) is -0.0401. The summed E-state index contributed by atoms with van der Waals surface area (Å²) in [7, 11) is 0. The zero-order valence-corrected chi connectivity index (χ0v) is 10.8. The van der Waals surface area contributed by atoms with Crippen molar-refractivity contribution in [3.8, 4) is 0 Å². The standard InChI is InChI=1S/C14H14F3N3/c15-14(16,17)11-5-3-4-10(8-11)9-12-18-13-6-1-2-7-20(13)19-12/h3-5,8H,1-2,6-7,9H2. The van der Waals surface area contributed by atoms with Crippen molar-refractivity contribution in [3.63, 3.8) is 0 Å². The topological polar surface area (TPSA) is 30.7 Å². The first kappa shape index (κ1) is 13.1. The molecule has 0 radical (unpaired) electrons. The molecule has 3 nitrogen and oxygen atoms in total. The number of aryl methyl sites for hydroxylation is 2. The van der Waals surface area contributed by atoms with Gasteiger partial charge in [-0.2, -0.15) is 18.3 Å². The van der Waals surface area contributed by atoms with Crippen LogP contribution >= 0.6 is 0 Å². The number of benzene rings is 1. The minimum absolute atomic E-state index is 0.337. The number of fused-ring (bicyclic) bond motifs is 1. The average molecular weight is 281 g/mol. The lowest BCUT2D eigenvalue weighted by Crippen LogP contribution is -2.11. The van der Waals surface area contributed by atoms with Gasteiger partial charge in [-0.25, -0.2) is 9.67 Å². The lowest BCUT2D eigenvalue weighted by Gasteiger charge is -2.10. The normalized spacial score (nSPS) is 15.2. The second-order valence-corrected chi connectivity index (χ2v) is 5.00. The van der Waals surface area contributed by atoms with Gasteiger partial charge >= 0.3 is 6.18 Å². The molecule has 0 spiro atoms. The fraction of sp³-hybridized carbons (Fsp3) is 0.429. The van der Waals surface area contributed by atoms with E-state index in [0.29, 0.717) is 17.8 Å². The largest absolute Gasteiger partial charge is 0.416 e. The third-order valence-electron chi connectivity index (χ3n) is 3.43. The third kappa shape index (κ3) is 2.69. The van der Waals surface area contributed by atoms with Crippen LogP contribution in [0.4, 0.5) is 13.2 Å². The Bertz CT molecular complexity index is 593. The van der Waals surface area contributed by atoms with Crippen molar-refractivity contribution >= 4 is 0 Å². The van der Waals surface area contributed by atoms with Crippen LogP contribution in [0.1, 0.15) is 35.6 Å². The molecule has 1 aliphatic rings. The van der Waals surface area contributed by atoms with E-state index in [-0.39, 0.29) is 0 Å². The van der Waals surface area contributed by atoms with Crippen LogP contribution in [0, 0.1) is 0 Å². The Balaban J connectivity index is 1.82. The molecule has 1 aromatic heterocycles. The molecule has 2 heterocycles. The highest BCUT2D eigenvalue weighted by Gasteiger charge is 2.30. The predicted molar refractivity (Wildman–Crippen MR) is 67.2 cm³/mol. The number of nitrogens with zero attached hydrogens (tertiary/aromatic N) is 3. The zero-order chi connectivity index (χ0) is 14.2. The van der Waals surface area contributed by atoms with Gasteiger partial charge in [0.05, 0.1) is 5.56 Å². The van der Waals surface area contributed by atoms with Crippen LogP contribution in [0.25, 0.3) is 0 Å². The molecule has 0 amide bonds. The fourth-order valence-electron chi connectivity index (χ4n) is 2.45. The van der Waals surface area contributed by atoms with E-state index in [2.05, 4.69) is 10.1 Å². The molecule has 0 N–H and O–H groups in total. The molecule has 20 heavy (non-hydrogen) atoms. The fourth-order valence-corrected chi connectivity index (χ4v) is 2.45. The van der Waals surface area contributed by atoms with Crippen LogP contribution in [0.5, 0.6) is 0 Å². The van der Waals surface area contributed by atoms with Gasteiger partial charge in [0, 0.05) is 19.4 Å². The van der Waals surface area contributed by atoms with Gasteiger partial charge in [-0.15, -0.1) is 0 Å². The van der Waals surface area contributed by atoms with Crippen molar-refractivity contribution in [3.05, 3.63) is 47.0 Å². The van der Waals surface area contributed by atoms with E-state index in [1.807, 2.05) is 4.68 Å². The van der Waals surface area contributed by atoms with Gasteiger partial charge in [0.1, 0.15) is 5.82 Å². The van der Waals surface area contributed by atoms with Gasteiger partial charge in [0.2, 0.25) is 0 Å². The smallest absolute Gasteiger partial charge is 0.250 e. The lowest BCUT2D eigenvalue weighted by atomic mass is 10.1. The van der Waals surface area contributed by atoms with Crippen molar-refractivity contribution < 1.29 is 13.2 Å². The van der Waals surface area contributed by atoms with E-state index in [0.717, 1.165) is 37.7 Å². The SMILES string of the molecule is FC(F)(F)c1cccc(Cc2nc3n(n2)CCCC3)c1. The van der Waals surface area contributed by atoms with Crippen LogP contribution in [-0.2, 0) is 25.6 Å². The minimum Gasteiger partial charge on any atom is -0.250 e. The first-order valence-electron chi connectivity index (χ1n) is 6.61. The number of rotatable bonds is 2. The highest BCUT2D eigenvalue weighted by molar-refractivity contribution is 5.27. The number of aromatic nitrogens is 3. The van der Waals surface area contributed by atoms with Crippen molar-refractivity contribution in [2.24, 2.45) is 0 Å². The van der Waals surface area contributed by atoms with Crippen molar-refractivity contribution in [1.82, 2.24) is 14.8 Å². The van der Waals surface area contributed by atoms with Crippen LogP contribution in [0.15, 0.2) is 24.3 Å². The van der Waals surface area contributed by atoms with Gasteiger partial charge in [-0.3, -0.25) is 0 Å². The molecule has 0 atom stereocenters. The summed E-state index contributed by atoms with van der Waals surface area (Å²) in [5.74, 6) is 1.54. The molecule has 106 valence electrons. The molecule has 0 saturated heterocycles. The molecule has 3 rings (SSSR count). The first-order valence-corrected chi connectivity index (χ1v) is 6.61. The Hall–Kier alpha value is -1.85. The summed E-state index contributed by atoms with van der Waals surface area (Å²) in [6.07, 6.45) is -0.891. The summed E-state index contributed by atoms with van der Waals surface area (Å²) in [6, 6.07) is 5.35. The third-order valence-corrected chi connectivity index (χ3v) is 3.43. The van der Waals surface area contributed by atoms with Gasteiger partial charge in [0.25, 0.3) is 0 Å². The second-order valence-electron chi connectivity index (χ2n) is 5.00. The highest BCUT2D eigenvalue weighted by Crippen LogP contribution is 2.29. The van der Waals surface area contributed by atoms with Crippen molar-refractivity contribution in [2.45, 2.75) is 38.4 Å². The number of halogens is 3. The molecule has 0 bridgehead atoms. The monoisotopic (exact) mass is 281 g/mol. The molecule has 1 aromatic carbocycles. The Labute approximate surface area is 114 Å². The van der Waals surface area contributed by atoms with Crippen LogP contribution in [0.3, 0.4) is 0 Å². The van der Waals surface area contributed by atoms with Crippen LogP contribution < -0.4 is 0 Å². The molecule has 2 aromatic rings. The van der Waals surface area contributed by atoms with E-state index < -0.39 is 11.7 Å². The maximum atomic E-state index is 12.7. The second kappa shape index (κ2) is 4.92. The molecule has 6 heteroatoms. The van der Waals surface area contributed by atoms with Crippen molar-refractivity contribution in [1.29, 1.82) is 0 Å². The van der Waals surface area contributed by atoms with E-state index in [1.165, 1.54) is 12.1 Å². The van der Waals surface area contributed by atoms with Gasteiger partial charge < -0.3 is 0 Å². The quantitative estimate of drug-likeness (QED) is 0.846. The molecular formula is C14H14F3N3. The molecular weight excluding hydrogens is 267 g/mol. The summed E-state index contributed by atoms with van der Waals surface area (Å²) < 4.78 is 39.8. The molecule has 0 fully saturated rings. The van der Waals surface area contributed by atoms with Crippen LogP contribution in [0.2, 0.25) is 0 Å².